The predicted molar refractivity (Wildman–Crippen MR) is 76.4 cm³/mol. The van der Waals surface area contributed by atoms with Crippen LogP contribution < -0.4 is 4.90 Å². The van der Waals surface area contributed by atoms with Gasteiger partial charge in [-0.15, -0.1) is 0 Å². The Morgan fingerprint density at radius 2 is 2.35 bits per heavy atom. The van der Waals surface area contributed by atoms with Gasteiger partial charge >= 0.3 is 11.7 Å². The maximum absolute atomic E-state index is 11.5. The van der Waals surface area contributed by atoms with Crippen LogP contribution in [0.1, 0.15) is 17.4 Å². The number of thioether (sulfide) groups is 1. The zero-order valence-electron chi connectivity index (χ0n) is 11.2. The molecule has 20 heavy (non-hydrogen) atoms. The van der Waals surface area contributed by atoms with E-state index in [1.807, 2.05) is 11.8 Å². The molecule has 0 N–H and O–H groups in total. The fourth-order valence-electron chi connectivity index (χ4n) is 2.05. The Kier molecular flexibility index (Phi) is 4.43. The van der Waals surface area contributed by atoms with Crippen LogP contribution >= 0.6 is 11.8 Å². The minimum absolute atomic E-state index is 0.0820. The molecule has 1 atom stereocenters. The van der Waals surface area contributed by atoms with Gasteiger partial charge in [-0.25, -0.2) is 9.78 Å². The molecule has 1 aromatic rings. The lowest BCUT2D eigenvalue weighted by Gasteiger charge is -2.33. The number of hydrogen-bond donors (Lipinski definition) is 0. The second-order valence-corrected chi connectivity index (χ2v) is 5.56. The van der Waals surface area contributed by atoms with Crippen molar-refractivity contribution in [2.45, 2.75) is 13.0 Å². The molecule has 108 valence electrons. The highest BCUT2D eigenvalue weighted by molar-refractivity contribution is 7.99. The van der Waals surface area contributed by atoms with Crippen molar-refractivity contribution in [3.8, 4) is 0 Å². The number of aromatic nitrogens is 1. The highest BCUT2D eigenvalue weighted by Crippen LogP contribution is 2.30. The van der Waals surface area contributed by atoms with E-state index in [9.17, 15) is 14.9 Å². The van der Waals surface area contributed by atoms with Crippen LogP contribution in [0.5, 0.6) is 0 Å². The van der Waals surface area contributed by atoms with Gasteiger partial charge in [-0.1, -0.05) is 0 Å². The Morgan fingerprint density at radius 1 is 1.60 bits per heavy atom. The van der Waals surface area contributed by atoms with Crippen LogP contribution in [0.15, 0.2) is 12.1 Å². The number of nitro groups is 1. The van der Waals surface area contributed by atoms with E-state index in [1.54, 1.807) is 11.8 Å². The van der Waals surface area contributed by atoms with Gasteiger partial charge in [0.1, 0.15) is 0 Å². The Hall–Kier alpha value is -1.83. The van der Waals surface area contributed by atoms with Crippen molar-refractivity contribution < 1.29 is 14.5 Å². The fourth-order valence-corrected chi connectivity index (χ4v) is 3.07. The van der Waals surface area contributed by atoms with E-state index in [4.69, 9.17) is 0 Å². The Morgan fingerprint density at radius 3 is 2.95 bits per heavy atom. The van der Waals surface area contributed by atoms with E-state index < -0.39 is 10.9 Å². The molecular weight excluding hydrogens is 282 g/mol. The minimum atomic E-state index is -0.597. The van der Waals surface area contributed by atoms with Crippen molar-refractivity contribution in [1.29, 1.82) is 0 Å². The molecule has 0 radical (unpaired) electrons. The van der Waals surface area contributed by atoms with E-state index in [0.717, 1.165) is 11.5 Å². The number of rotatable bonds is 3. The minimum Gasteiger partial charge on any atom is -0.464 e. The number of carbonyl (C=O) groups is 1. The van der Waals surface area contributed by atoms with Crippen LogP contribution in [0.2, 0.25) is 0 Å². The summed E-state index contributed by atoms with van der Waals surface area (Å²) in [4.78, 5) is 28.2. The average molecular weight is 297 g/mol. The molecule has 0 spiro atoms. The Labute approximate surface area is 120 Å². The van der Waals surface area contributed by atoms with E-state index in [2.05, 4.69) is 9.72 Å². The molecule has 0 saturated carbocycles. The summed E-state index contributed by atoms with van der Waals surface area (Å²) in [5.41, 5.74) is -0.00469. The number of methoxy groups -OCH3 is 1. The monoisotopic (exact) mass is 297 g/mol. The van der Waals surface area contributed by atoms with Gasteiger partial charge in [0.2, 0.25) is 5.82 Å². The summed E-state index contributed by atoms with van der Waals surface area (Å²) in [6.45, 7) is 2.66. The summed E-state index contributed by atoms with van der Waals surface area (Å²) >= 11 is 1.80. The van der Waals surface area contributed by atoms with E-state index in [-0.39, 0.29) is 23.2 Å². The number of esters is 1. The highest BCUT2D eigenvalue weighted by atomic mass is 32.2. The van der Waals surface area contributed by atoms with Gasteiger partial charge in [0.25, 0.3) is 0 Å². The topological polar surface area (TPSA) is 85.6 Å². The van der Waals surface area contributed by atoms with Gasteiger partial charge in [-0.05, 0) is 13.0 Å². The highest BCUT2D eigenvalue weighted by Gasteiger charge is 2.28. The van der Waals surface area contributed by atoms with Gasteiger partial charge in [-0.3, -0.25) is 10.1 Å². The average Bonchev–Trinajstić information content (AvgIpc) is 2.46. The maximum Gasteiger partial charge on any atom is 0.356 e. The van der Waals surface area contributed by atoms with E-state index >= 15 is 0 Å². The molecular formula is C12H15N3O4S. The molecule has 8 heteroatoms. The summed E-state index contributed by atoms with van der Waals surface area (Å²) < 4.78 is 4.61. The standard InChI is InChI=1S/C12H15N3O4S/c1-8-7-20-6-5-14(8)11-10(15(17)18)4-3-9(13-11)12(16)19-2/h3-4,8H,5-7H2,1-2H3. The summed E-state index contributed by atoms with van der Waals surface area (Å²) in [7, 11) is 1.26. The SMILES string of the molecule is COC(=O)c1ccc([N+](=O)[O-])c(N2CCSCC2C)n1. The maximum atomic E-state index is 11.5. The summed E-state index contributed by atoms with van der Waals surface area (Å²) in [6.07, 6.45) is 0. The first-order valence-electron chi connectivity index (χ1n) is 6.12. The molecule has 1 aromatic heterocycles. The van der Waals surface area contributed by atoms with Crippen molar-refractivity contribution in [1.82, 2.24) is 4.98 Å². The van der Waals surface area contributed by atoms with Crippen molar-refractivity contribution in [2.75, 3.05) is 30.1 Å². The zero-order chi connectivity index (χ0) is 14.7. The van der Waals surface area contributed by atoms with Crippen LogP contribution in [0.3, 0.4) is 0 Å². The lowest BCUT2D eigenvalue weighted by molar-refractivity contribution is -0.384. The molecule has 7 nitrogen and oxygen atoms in total. The zero-order valence-corrected chi connectivity index (χ0v) is 12.1. The first-order valence-corrected chi connectivity index (χ1v) is 7.28. The van der Waals surface area contributed by atoms with Crippen LogP contribution in [0.4, 0.5) is 11.5 Å². The molecule has 1 saturated heterocycles. The third-order valence-corrected chi connectivity index (χ3v) is 4.27. The molecule has 2 rings (SSSR count). The first-order chi connectivity index (χ1) is 9.54. The van der Waals surface area contributed by atoms with Crippen molar-refractivity contribution >= 4 is 29.2 Å². The molecule has 2 heterocycles. The molecule has 0 aromatic carbocycles. The molecule has 0 amide bonds. The van der Waals surface area contributed by atoms with Gasteiger partial charge in [0.15, 0.2) is 5.69 Å². The lowest BCUT2D eigenvalue weighted by Crippen LogP contribution is -2.41. The molecule has 1 fully saturated rings. The van der Waals surface area contributed by atoms with E-state index in [0.29, 0.717) is 6.54 Å². The van der Waals surface area contributed by atoms with Crippen LogP contribution in [-0.4, -0.2) is 47.1 Å². The van der Waals surface area contributed by atoms with Crippen LogP contribution in [0.25, 0.3) is 0 Å². The number of pyridine rings is 1. The molecule has 0 bridgehead atoms. The summed E-state index contributed by atoms with van der Waals surface area (Å²) in [6, 6.07) is 2.76. The summed E-state index contributed by atoms with van der Waals surface area (Å²) in [5, 5.41) is 11.1. The molecule has 0 aliphatic carbocycles. The largest absolute Gasteiger partial charge is 0.464 e. The molecule has 1 aliphatic heterocycles. The van der Waals surface area contributed by atoms with Crippen molar-refractivity contribution in [3.63, 3.8) is 0 Å². The predicted octanol–water partition coefficient (Wildman–Crippen LogP) is 1.72. The quantitative estimate of drug-likeness (QED) is 0.477. The smallest absolute Gasteiger partial charge is 0.356 e. The van der Waals surface area contributed by atoms with Crippen LogP contribution in [0, 0.1) is 10.1 Å². The van der Waals surface area contributed by atoms with Crippen molar-refractivity contribution in [3.05, 3.63) is 27.9 Å². The van der Waals surface area contributed by atoms with Gasteiger partial charge in [0.05, 0.1) is 12.0 Å². The van der Waals surface area contributed by atoms with Crippen LogP contribution in [-0.2, 0) is 4.74 Å². The number of ether oxygens (including phenoxy) is 1. The number of nitrogens with zero attached hydrogens (tertiary/aromatic N) is 3. The van der Waals surface area contributed by atoms with Gasteiger partial charge in [0, 0.05) is 30.2 Å². The van der Waals surface area contributed by atoms with Gasteiger partial charge < -0.3 is 9.64 Å². The number of hydrogen-bond acceptors (Lipinski definition) is 7. The van der Waals surface area contributed by atoms with Gasteiger partial charge in [-0.2, -0.15) is 11.8 Å². The fraction of sp³-hybridized carbons (Fsp3) is 0.500. The second kappa shape index (κ2) is 6.08. The third-order valence-electron chi connectivity index (χ3n) is 3.09. The second-order valence-electron chi connectivity index (χ2n) is 4.41. The van der Waals surface area contributed by atoms with E-state index in [1.165, 1.54) is 19.2 Å². The first kappa shape index (κ1) is 14.6. The summed E-state index contributed by atoms with van der Waals surface area (Å²) in [5.74, 6) is 1.40. The third kappa shape index (κ3) is 2.84. The Bertz CT molecular complexity index is 537. The molecule has 1 aliphatic rings. The lowest BCUT2D eigenvalue weighted by atomic mass is 10.2. The van der Waals surface area contributed by atoms with Crippen molar-refractivity contribution in [2.24, 2.45) is 0 Å². The number of carbonyl (C=O) groups excluding carboxylic acids is 1. The molecule has 1 unspecified atom stereocenters. The normalized spacial score (nSPS) is 18.7. The Balaban J connectivity index is 2.46. The number of anilines is 1.